The van der Waals surface area contributed by atoms with Crippen LogP contribution in [0, 0.1) is 0 Å². The van der Waals surface area contributed by atoms with E-state index in [2.05, 4.69) is 15.6 Å². The minimum atomic E-state index is -5.51. The molecular formula is C35H37F3N4O7S. The summed E-state index contributed by atoms with van der Waals surface area (Å²) in [7, 11) is -3.75. The van der Waals surface area contributed by atoms with E-state index < -0.39 is 45.4 Å². The van der Waals surface area contributed by atoms with Gasteiger partial charge in [0.25, 0.3) is 11.6 Å². The van der Waals surface area contributed by atoms with Crippen LogP contribution in [0.2, 0.25) is 0 Å². The summed E-state index contributed by atoms with van der Waals surface area (Å²) >= 11 is 0. The number of benzene rings is 3. The highest BCUT2D eigenvalue weighted by Crippen LogP contribution is 2.39. The summed E-state index contributed by atoms with van der Waals surface area (Å²) in [6.45, 7) is 4.90. The number of carbonyl (C=O) groups is 2. The van der Waals surface area contributed by atoms with Crippen LogP contribution in [0.1, 0.15) is 51.2 Å². The molecule has 1 amide bonds. The summed E-state index contributed by atoms with van der Waals surface area (Å²) in [6.07, 6.45) is -2.63. The molecule has 3 aromatic carbocycles. The molecule has 0 saturated heterocycles. The molecule has 5 rings (SSSR count). The number of halogens is 3. The minimum absolute atomic E-state index is 0.00890. The first-order valence-corrected chi connectivity index (χ1v) is 17.5. The summed E-state index contributed by atoms with van der Waals surface area (Å²) < 4.78 is 85.3. The number of esters is 1. The molecule has 0 spiro atoms. The molecule has 0 radical (unpaired) electrons. The van der Waals surface area contributed by atoms with Gasteiger partial charge in [-0.2, -0.15) is 13.2 Å². The van der Waals surface area contributed by atoms with Gasteiger partial charge in [-0.25, -0.2) is 18.2 Å². The van der Waals surface area contributed by atoms with Crippen molar-refractivity contribution in [2.75, 3.05) is 17.7 Å². The summed E-state index contributed by atoms with van der Waals surface area (Å²) in [5.41, 5.74) is 3.12. The van der Waals surface area contributed by atoms with E-state index in [0.717, 1.165) is 6.42 Å². The van der Waals surface area contributed by atoms with E-state index in [1.54, 1.807) is 45.0 Å². The number of nitrogens with zero attached hydrogens (tertiary/aromatic N) is 1. The van der Waals surface area contributed by atoms with E-state index in [1.807, 2.05) is 0 Å². The maximum atomic E-state index is 14.4. The van der Waals surface area contributed by atoms with Gasteiger partial charge in [-0.05, 0) is 93.1 Å². The molecule has 0 bridgehead atoms. The standard InChI is InChI=1S/C35H37F3N4O7S/c1-4-47-29-19-24(12-15-28(29)48-21(2)3)34(49-33(44)35(36,37)38,42-25-13-14-27-22(18-25)16-17-40-31(27)39)32(43)41-20-23-8-5-6-11-30(23)50(45,46)26-9-7-10-26/h5-6,8,11-19,21,26,42H,4,7,9-10,20H2,1-3H3,(H2,39,40)(H,41,43). The van der Waals surface area contributed by atoms with Gasteiger partial charge < -0.3 is 30.6 Å². The Morgan fingerprint density at radius 2 is 1.76 bits per heavy atom. The van der Waals surface area contributed by atoms with Crippen molar-refractivity contribution < 1.29 is 45.4 Å². The van der Waals surface area contributed by atoms with Crippen molar-refractivity contribution in [1.29, 1.82) is 0 Å². The number of alkyl halides is 3. The van der Waals surface area contributed by atoms with Crippen LogP contribution in [-0.2, 0) is 36.4 Å². The van der Waals surface area contributed by atoms with E-state index in [9.17, 15) is 31.2 Å². The highest BCUT2D eigenvalue weighted by Gasteiger charge is 2.52. The van der Waals surface area contributed by atoms with Crippen molar-refractivity contribution in [3.8, 4) is 11.5 Å². The van der Waals surface area contributed by atoms with Crippen molar-refractivity contribution in [1.82, 2.24) is 10.3 Å². The van der Waals surface area contributed by atoms with Gasteiger partial charge in [-0.15, -0.1) is 0 Å². The zero-order chi connectivity index (χ0) is 36.3. The SMILES string of the molecule is CCOc1cc(C(Nc2ccc3c(N)nccc3c2)(OC(=O)C(F)(F)F)C(=O)NCc2ccccc2S(=O)(=O)C2CCC2)ccc1OC(C)C. The van der Waals surface area contributed by atoms with Gasteiger partial charge >= 0.3 is 12.1 Å². The number of aromatic nitrogens is 1. The highest BCUT2D eigenvalue weighted by molar-refractivity contribution is 7.92. The van der Waals surface area contributed by atoms with E-state index in [0.29, 0.717) is 23.6 Å². The van der Waals surface area contributed by atoms with Crippen molar-refractivity contribution in [2.24, 2.45) is 0 Å². The molecule has 15 heteroatoms. The van der Waals surface area contributed by atoms with Gasteiger partial charge in [0, 0.05) is 29.4 Å². The molecule has 4 aromatic rings. The Kier molecular flexibility index (Phi) is 10.5. The molecular weight excluding hydrogens is 677 g/mol. The fourth-order valence-electron chi connectivity index (χ4n) is 5.50. The van der Waals surface area contributed by atoms with E-state index >= 15 is 0 Å². The number of nitrogens with one attached hydrogen (secondary N) is 2. The van der Waals surface area contributed by atoms with Gasteiger partial charge in [-0.1, -0.05) is 24.6 Å². The molecule has 1 unspecified atom stereocenters. The Balaban J connectivity index is 1.65. The Hall–Kier alpha value is -5.05. The molecule has 11 nitrogen and oxygen atoms in total. The molecule has 1 aromatic heterocycles. The van der Waals surface area contributed by atoms with E-state index in [1.165, 1.54) is 48.7 Å². The molecule has 1 aliphatic rings. The smallest absolute Gasteiger partial charge is 0.490 e. The van der Waals surface area contributed by atoms with Gasteiger partial charge in [-0.3, -0.25) is 4.79 Å². The number of sulfone groups is 1. The van der Waals surface area contributed by atoms with Crippen LogP contribution in [0.5, 0.6) is 11.5 Å². The second-order valence-electron chi connectivity index (χ2n) is 12.0. The highest BCUT2D eigenvalue weighted by atomic mass is 32.2. The van der Waals surface area contributed by atoms with Crippen LogP contribution < -0.4 is 25.8 Å². The predicted octanol–water partition coefficient (Wildman–Crippen LogP) is 6.02. The summed E-state index contributed by atoms with van der Waals surface area (Å²) in [5, 5.41) is 5.74. The van der Waals surface area contributed by atoms with Gasteiger partial charge in [0.2, 0.25) is 0 Å². The monoisotopic (exact) mass is 714 g/mol. The third-order valence-electron chi connectivity index (χ3n) is 8.13. The Labute approximate surface area is 287 Å². The lowest BCUT2D eigenvalue weighted by Crippen LogP contribution is -2.54. The van der Waals surface area contributed by atoms with Crippen molar-refractivity contribution in [3.63, 3.8) is 0 Å². The maximum absolute atomic E-state index is 14.4. The number of nitrogen functional groups attached to an aromatic ring is 1. The molecule has 1 heterocycles. The number of nitrogens with two attached hydrogens (primary N) is 1. The van der Waals surface area contributed by atoms with E-state index in [-0.39, 0.29) is 51.7 Å². The number of anilines is 2. The lowest BCUT2D eigenvalue weighted by atomic mass is 9.99. The van der Waals surface area contributed by atoms with Crippen LogP contribution in [0.25, 0.3) is 10.8 Å². The topological polar surface area (TPSA) is 159 Å². The molecule has 4 N–H and O–H groups in total. The lowest BCUT2D eigenvalue weighted by molar-refractivity contribution is -0.213. The Morgan fingerprint density at radius 3 is 2.42 bits per heavy atom. The van der Waals surface area contributed by atoms with Crippen LogP contribution in [-0.4, -0.2) is 49.4 Å². The average Bonchev–Trinajstić information content (AvgIpc) is 3.02. The fraction of sp³-hybridized carbons (Fsp3) is 0.343. The number of amides is 1. The molecule has 0 aliphatic heterocycles. The fourth-order valence-corrected chi connectivity index (χ4v) is 7.59. The van der Waals surface area contributed by atoms with Gasteiger partial charge in [0.15, 0.2) is 21.3 Å². The number of ether oxygens (including phenoxy) is 3. The maximum Gasteiger partial charge on any atom is 0.491 e. The zero-order valence-electron chi connectivity index (χ0n) is 27.5. The molecule has 1 fully saturated rings. The number of hydrogen-bond donors (Lipinski definition) is 3. The first kappa shape index (κ1) is 36.2. The third kappa shape index (κ3) is 7.57. The zero-order valence-corrected chi connectivity index (χ0v) is 28.4. The summed E-state index contributed by atoms with van der Waals surface area (Å²) in [4.78, 5) is 31.2. The minimum Gasteiger partial charge on any atom is -0.490 e. The largest absolute Gasteiger partial charge is 0.491 e. The molecule has 1 aliphatic carbocycles. The molecule has 266 valence electrons. The normalized spacial score (nSPS) is 14.8. The Morgan fingerprint density at radius 1 is 1.02 bits per heavy atom. The van der Waals surface area contributed by atoms with Crippen molar-refractivity contribution in [3.05, 3.63) is 84.1 Å². The van der Waals surface area contributed by atoms with Crippen LogP contribution >= 0.6 is 0 Å². The van der Waals surface area contributed by atoms with Crippen LogP contribution in [0.4, 0.5) is 24.7 Å². The third-order valence-corrected chi connectivity index (χ3v) is 10.5. The predicted molar refractivity (Wildman–Crippen MR) is 180 cm³/mol. The second-order valence-corrected chi connectivity index (χ2v) is 14.2. The number of rotatable bonds is 13. The number of carbonyl (C=O) groups excluding carboxylic acids is 2. The molecule has 1 saturated carbocycles. The van der Waals surface area contributed by atoms with Crippen LogP contribution in [0.3, 0.4) is 0 Å². The number of pyridine rings is 1. The quantitative estimate of drug-likeness (QED) is 0.111. The molecule has 50 heavy (non-hydrogen) atoms. The number of fused-ring (bicyclic) bond motifs is 1. The van der Waals surface area contributed by atoms with Crippen molar-refractivity contribution >= 4 is 44.0 Å². The first-order valence-electron chi connectivity index (χ1n) is 15.9. The first-order chi connectivity index (χ1) is 23.7. The summed E-state index contributed by atoms with van der Waals surface area (Å²) in [5.74, 6) is -3.41. The average molecular weight is 715 g/mol. The van der Waals surface area contributed by atoms with Crippen molar-refractivity contribution in [2.45, 2.75) is 74.7 Å². The lowest BCUT2D eigenvalue weighted by Gasteiger charge is -2.35. The molecule has 1 atom stereocenters. The Bertz CT molecular complexity index is 2000. The van der Waals surface area contributed by atoms with Crippen LogP contribution in [0.15, 0.2) is 77.8 Å². The number of hydrogen-bond acceptors (Lipinski definition) is 10. The van der Waals surface area contributed by atoms with Gasteiger partial charge in [0.1, 0.15) is 5.82 Å². The van der Waals surface area contributed by atoms with E-state index in [4.69, 9.17) is 19.9 Å². The summed E-state index contributed by atoms with van der Waals surface area (Å²) in [6, 6.07) is 16.0. The second kappa shape index (κ2) is 14.4. The van der Waals surface area contributed by atoms with Gasteiger partial charge in [0.05, 0.1) is 22.9 Å².